The molecule has 1 aromatic rings. The molecular weight excluding hydrogens is 256 g/mol. The third kappa shape index (κ3) is 3.21. The van der Waals surface area contributed by atoms with E-state index in [0.29, 0.717) is 6.10 Å². The Morgan fingerprint density at radius 1 is 1.40 bits per heavy atom. The van der Waals surface area contributed by atoms with E-state index in [9.17, 15) is 0 Å². The lowest BCUT2D eigenvalue weighted by Gasteiger charge is -2.11. The number of hydrogen-bond donors (Lipinski definition) is 0. The van der Waals surface area contributed by atoms with Gasteiger partial charge in [0.25, 0.3) is 0 Å². The largest absolute Gasteiger partial charge is 0.492 e. The number of ether oxygens (including phenoxy) is 2. The molecule has 0 aromatic heterocycles. The zero-order valence-corrected chi connectivity index (χ0v) is 10.2. The number of para-hydroxylation sites is 1. The van der Waals surface area contributed by atoms with Gasteiger partial charge in [-0.05, 0) is 40.9 Å². The van der Waals surface area contributed by atoms with Gasteiger partial charge in [0.2, 0.25) is 0 Å². The molecule has 0 N–H and O–H groups in total. The van der Waals surface area contributed by atoms with Gasteiger partial charge >= 0.3 is 0 Å². The second kappa shape index (κ2) is 5.52. The minimum absolute atomic E-state index is 0.410. The van der Waals surface area contributed by atoms with Crippen LogP contribution in [0.15, 0.2) is 28.7 Å². The minimum atomic E-state index is 0.410. The minimum Gasteiger partial charge on any atom is -0.492 e. The van der Waals surface area contributed by atoms with Gasteiger partial charge in [0.05, 0.1) is 17.2 Å². The molecule has 2 rings (SSSR count). The smallest absolute Gasteiger partial charge is 0.133 e. The molecule has 0 saturated carbocycles. The summed E-state index contributed by atoms with van der Waals surface area (Å²) in [5.41, 5.74) is 0. The topological polar surface area (TPSA) is 18.5 Å². The molecule has 1 atom stereocenters. The summed E-state index contributed by atoms with van der Waals surface area (Å²) in [6.45, 7) is 1.65. The van der Waals surface area contributed by atoms with Crippen molar-refractivity contribution in [1.29, 1.82) is 0 Å². The first-order chi connectivity index (χ1) is 7.36. The second-order valence-electron chi connectivity index (χ2n) is 3.70. The maximum Gasteiger partial charge on any atom is 0.133 e. The lowest BCUT2D eigenvalue weighted by molar-refractivity contribution is 0.0902. The Hall–Kier alpha value is -0.540. The molecule has 82 valence electrons. The SMILES string of the molecule is Brc1ccccc1OCCC1CCCO1. The molecule has 1 saturated heterocycles. The Kier molecular flexibility index (Phi) is 4.03. The number of halogens is 1. The average molecular weight is 271 g/mol. The predicted octanol–water partition coefficient (Wildman–Crippen LogP) is 3.40. The maximum absolute atomic E-state index is 5.67. The van der Waals surface area contributed by atoms with Crippen molar-refractivity contribution in [3.05, 3.63) is 28.7 Å². The van der Waals surface area contributed by atoms with E-state index in [2.05, 4.69) is 15.9 Å². The average Bonchev–Trinajstić information content (AvgIpc) is 2.74. The molecule has 15 heavy (non-hydrogen) atoms. The third-order valence-corrected chi connectivity index (χ3v) is 3.21. The lowest BCUT2D eigenvalue weighted by atomic mass is 10.2. The van der Waals surface area contributed by atoms with Crippen LogP contribution in [0.4, 0.5) is 0 Å². The Bertz CT molecular complexity index is 308. The molecule has 1 aromatic carbocycles. The molecule has 0 aliphatic carbocycles. The number of hydrogen-bond acceptors (Lipinski definition) is 2. The molecule has 0 amide bonds. The van der Waals surface area contributed by atoms with Crippen molar-refractivity contribution in [2.24, 2.45) is 0 Å². The molecule has 1 unspecified atom stereocenters. The summed E-state index contributed by atoms with van der Waals surface area (Å²) in [5.74, 6) is 0.912. The van der Waals surface area contributed by atoms with Crippen LogP contribution in [-0.4, -0.2) is 19.3 Å². The first-order valence-electron chi connectivity index (χ1n) is 5.35. The monoisotopic (exact) mass is 270 g/mol. The van der Waals surface area contributed by atoms with Gasteiger partial charge in [-0.2, -0.15) is 0 Å². The van der Waals surface area contributed by atoms with Crippen LogP contribution in [0, 0.1) is 0 Å². The molecule has 3 heteroatoms. The Morgan fingerprint density at radius 3 is 3.00 bits per heavy atom. The highest BCUT2D eigenvalue weighted by molar-refractivity contribution is 9.10. The second-order valence-corrected chi connectivity index (χ2v) is 4.56. The molecule has 0 spiro atoms. The molecule has 1 aliphatic heterocycles. The highest BCUT2D eigenvalue weighted by atomic mass is 79.9. The van der Waals surface area contributed by atoms with Crippen LogP contribution in [0.2, 0.25) is 0 Å². The van der Waals surface area contributed by atoms with Crippen LogP contribution in [0.5, 0.6) is 5.75 Å². The quantitative estimate of drug-likeness (QED) is 0.835. The van der Waals surface area contributed by atoms with Crippen LogP contribution in [0.25, 0.3) is 0 Å². The fourth-order valence-corrected chi connectivity index (χ4v) is 2.13. The van der Waals surface area contributed by atoms with E-state index in [1.54, 1.807) is 0 Å². The van der Waals surface area contributed by atoms with Crippen molar-refractivity contribution in [2.45, 2.75) is 25.4 Å². The van der Waals surface area contributed by atoms with E-state index >= 15 is 0 Å². The molecule has 2 nitrogen and oxygen atoms in total. The summed E-state index contributed by atoms with van der Waals surface area (Å²) in [5, 5.41) is 0. The number of rotatable bonds is 4. The first kappa shape index (κ1) is 11.0. The van der Waals surface area contributed by atoms with E-state index in [0.717, 1.165) is 29.9 Å². The molecule has 1 aliphatic rings. The maximum atomic E-state index is 5.67. The van der Waals surface area contributed by atoms with Gasteiger partial charge in [0.1, 0.15) is 5.75 Å². The predicted molar refractivity (Wildman–Crippen MR) is 63.2 cm³/mol. The molecular formula is C12H15BrO2. The van der Waals surface area contributed by atoms with Crippen LogP contribution in [0.1, 0.15) is 19.3 Å². The van der Waals surface area contributed by atoms with E-state index in [1.807, 2.05) is 24.3 Å². The molecule has 0 radical (unpaired) electrons. The van der Waals surface area contributed by atoms with E-state index in [4.69, 9.17) is 9.47 Å². The summed E-state index contributed by atoms with van der Waals surface area (Å²) in [7, 11) is 0. The summed E-state index contributed by atoms with van der Waals surface area (Å²) >= 11 is 3.45. The summed E-state index contributed by atoms with van der Waals surface area (Å²) < 4.78 is 12.2. The van der Waals surface area contributed by atoms with E-state index in [-0.39, 0.29) is 0 Å². The zero-order chi connectivity index (χ0) is 10.5. The van der Waals surface area contributed by atoms with Crippen molar-refractivity contribution in [3.63, 3.8) is 0 Å². The van der Waals surface area contributed by atoms with E-state index in [1.165, 1.54) is 12.8 Å². The van der Waals surface area contributed by atoms with Gasteiger partial charge in [0, 0.05) is 13.0 Å². The van der Waals surface area contributed by atoms with Crippen LogP contribution >= 0.6 is 15.9 Å². The molecule has 1 heterocycles. The van der Waals surface area contributed by atoms with Gasteiger partial charge in [-0.25, -0.2) is 0 Å². The van der Waals surface area contributed by atoms with Crippen molar-refractivity contribution in [1.82, 2.24) is 0 Å². The molecule has 1 fully saturated rings. The van der Waals surface area contributed by atoms with Crippen LogP contribution in [0.3, 0.4) is 0 Å². The fourth-order valence-electron chi connectivity index (χ4n) is 1.73. The van der Waals surface area contributed by atoms with Gasteiger partial charge in [-0.3, -0.25) is 0 Å². The van der Waals surface area contributed by atoms with Gasteiger partial charge in [0.15, 0.2) is 0 Å². The Labute approximate surface area is 98.7 Å². The van der Waals surface area contributed by atoms with Crippen molar-refractivity contribution < 1.29 is 9.47 Å². The van der Waals surface area contributed by atoms with E-state index < -0.39 is 0 Å². The summed E-state index contributed by atoms with van der Waals surface area (Å²) in [6, 6.07) is 7.92. The number of benzene rings is 1. The summed E-state index contributed by atoms with van der Waals surface area (Å²) in [6.07, 6.45) is 3.77. The molecule has 0 bridgehead atoms. The third-order valence-electron chi connectivity index (χ3n) is 2.56. The van der Waals surface area contributed by atoms with Gasteiger partial charge in [-0.15, -0.1) is 0 Å². The lowest BCUT2D eigenvalue weighted by Crippen LogP contribution is -2.10. The van der Waals surface area contributed by atoms with Crippen LogP contribution in [-0.2, 0) is 4.74 Å². The zero-order valence-electron chi connectivity index (χ0n) is 8.62. The highest BCUT2D eigenvalue weighted by Crippen LogP contribution is 2.24. The highest BCUT2D eigenvalue weighted by Gasteiger charge is 2.15. The van der Waals surface area contributed by atoms with Gasteiger partial charge < -0.3 is 9.47 Å². The van der Waals surface area contributed by atoms with Crippen molar-refractivity contribution >= 4 is 15.9 Å². The van der Waals surface area contributed by atoms with Gasteiger partial charge in [-0.1, -0.05) is 12.1 Å². The van der Waals surface area contributed by atoms with Crippen molar-refractivity contribution in [3.8, 4) is 5.75 Å². The standard InChI is InChI=1S/C12H15BrO2/c13-11-5-1-2-6-12(11)15-9-7-10-4-3-8-14-10/h1-2,5-6,10H,3-4,7-9H2. The Morgan fingerprint density at radius 2 is 2.27 bits per heavy atom. The Balaban J connectivity index is 1.75. The normalized spacial score (nSPS) is 20.5. The van der Waals surface area contributed by atoms with Crippen molar-refractivity contribution in [2.75, 3.05) is 13.2 Å². The van der Waals surface area contributed by atoms with Crippen LogP contribution < -0.4 is 4.74 Å². The summed E-state index contributed by atoms with van der Waals surface area (Å²) in [4.78, 5) is 0. The first-order valence-corrected chi connectivity index (χ1v) is 6.14. The fraction of sp³-hybridized carbons (Fsp3) is 0.500.